The van der Waals surface area contributed by atoms with Crippen LogP contribution >= 0.6 is 0 Å². The molecule has 0 unspecified atom stereocenters. The lowest BCUT2D eigenvalue weighted by molar-refractivity contribution is 0.473. The zero-order valence-corrected chi connectivity index (χ0v) is 8.51. The molecule has 0 aliphatic rings. The van der Waals surface area contributed by atoms with Crippen molar-refractivity contribution in [3.05, 3.63) is 29.6 Å². The van der Waals surface area contributed by atoms with Crippen molar-refractivity contribution in [1.29, 1.82) is 0 Å². The number of aryl methyl sites for hydroxylation is 1. The molecule has 0 saturated heterocycles. The average molecular weight is 218 g/mol. The first-order valence-corrected chi connectivity index (χ1v) is 5.65. The second-order valence-electron chi connectivity index (χ2n) is 2.99. The molecule has 0 aromatic heterocycles. The maximum atomic E-state index is 13.0. The largest absolute Gasteiger partial charge is 0.297 e. The fourth-order valence-corrected chi connectivity index (χ4v) is 1.80. The molecule has 1 aromatic carbocycles. The normalized spacial score (nSPS) is 11.6. The van der Waals surface area contributed by atoms with Gasteiger partial charge in [0.25, 0.3) is 10.1 Å². The molecule has 14 heavy (non-hydrogen) atoms. The van der Waals surface area contributed by atoms with Gasteiger partial charge in [-0.05, 0) is 24.1 Å². The second-order valence-corrected chi connectivity index (χ2v) is 4.38. The van der Waals surface area contributed by atoms with E-state index < -0.39 is 20.8 Å². The Kier molecular flexibility index (Phi) is 3.23. The predicted octanol–water partition coefficient (Wildman–Crippen LogP) is 2.02. The van der Waals surface area contributed by atoms with Crippen LogP contribution in [0.3, 0.4) is 0 Å². The zero-order valence-electron chi connectivity index (χ0n) is 7.70. The van der Waals surface area contributed by atoms with E-state index in [9.17, 15) is 12.8 Å². The highest BCUT2D eigenvalue weighted by Gasteiger charge is 2.15. The van der Waals surface area contributed by atoms with Gasteiger partial charge < -0.3 is 0 Å². The number of benzene rings is 1. The Balaban J connectivity index is 3.22. The minimum Gasteiger partial charge on any atom is -0.282 e. The molecule has 0 heterocycles. The molecular formula is C9H11FO3S. The SMILES string of the molecule is CCCc1ccc(F)c(S(=O)(=O)O)c1. The Morgan fingerprint density at radius 2 is 2.07 bits per heavy atom. The molecule has 0 aliphatic carbocycles. The third kappa shape index (κ3) is 2.52. The molecule has 0 fully saturated rings. The molecule has 0 radical (unpaired) electrons. The summed E-state index contributed by atoms with van der Waals surface area (Å²) in [4.78, 5) is -0.650. The van der Waals surface area contributed by atoms with Gasteiger partial charge in [-0.15, -0.1) is 0 Å². The lowest BCUT2D eigenvalue weighted by atomic mass is 10.1. The first-order valence-electron chi connectivity index (χ1n) is 4.21. The molecule has 0 amide bonds. The zero-order chi connectivity index (χ0) is 10.8. The maximum absolute atomic E-state index is 13.0. The molecule has 0 aliphatic heterocycles. The van der Waals surface area contributed by atoms with Crippen LogP contribution in [-0.4, -0.2) is 13.0 Å². The molecule has 3 nitrogen and oxygen atoms in total. The highest BCUT2D eigenvalue weighted by Crippen LogP contribution is 2.16. The van der Waals surface area contributed by atoms with Crippen LogP contribution in [0.25, 0.3) is 0 Å². The van der Waals surface area contributed by atoms with Crippen molar-refractivity contribution in [2.45, 2.75) is 24.7 Å². The van der Waals surface area contributed by atoms with Gasteiger partial charge in [0.2, 0.25) is 0 Å². The summed E-state index contributed by atoms with van der Waals surface area (Å²) in [6, 6.07) is 3.72. The Morgan fingerprint density at radius 3 is 2.57 bits per heavy atom. The number of hydrogen-bond donors (Lipinski definition) is 1. The van der Waals surface area contributed by atoms with E-state index in [1.807, 2.05) is 6.92 Å². The molecule has 5 heteroatoms. The summed E-state index contributed by atoms with van der Waals surface area (Å²) in [7, 11) is -4.45. The monoisotopic (exact) mass is 218 g/mol. The summed E-state index contributed by atoms with van der Waals surface area (Å²) in [5.74, 6) is -0.924. The topological polar surface area (TPSA) is 54.4 Å². The van der Waals surface area contributed by atoms with Gasteiger partial charge in [-0.1, -0.05) is 19.4 Å². The van der Waals surface area contributed by atoms with Crippen LogP contribution in [0.5, 0.6) is 0 Å². The van der Waals surface area contributed by atoms with Crippen molar-refractivity contribution in [3.8, 4) is 0 Å². The number of halogens is 1. The van der Waals surface area contributed by atoms with E-state index in [1.165, 1.54) is 6.07 Å². The van der Waals surface area contributed by atoms with E-state index in [4.69, 9.17) is 4.55 Å². The van der Waals surface area contributed by atoms with Crippen molar-refractivity contribution in [2.24, 2.45) is 0 Å². The Bertz CT molecular complexity index is 426. The molecule has 0 atom stereocenters. The van der Waals surface area contributed by atoms with E-state index in [0.717, 1.165) is 18.6 Å². The van der Waals surface area contributed by atoms with E-state index in [0.29, 0.717) is 12.0 Å². The van der Waals surface area contributed by atoms with Gasteiger partial charge in [0.05, 0.1) is 0 Å². The van der Waals surface area contributed by atoms with Crippen molar-refractivity contribution in [2.75, 3.05) is 0 Å². The second kappa shape index (κ2) is 4.06. The summed E-state index contributed by atoms with van der Waals surface area (Å²) >= 11 is 0. The average Bonchev–Trinajstić information content (AvgIpc) is 2.07. The summed E-state index contributed by atoms with van der Waals surface area (Å²) in [6.07, 6.45) is 1.49. The van der Waals surface area contributed by atoms with Gasteiger partial charge in [-0.25, -0.2) is 4.39 Å². The van der Waals surface area contributed by atoms with Crippen molar-refractivity contribution >= 4 is 10.1 Å². The van der Waals surface area contributed by atoms with Crippen molar-refractivity contribution in [3.63, 3.8) is 0 Å². The van der Waals surface area contributed by atoms with Crippen LogP contribution in [0.1, 0.15) is 18.9 Å². The number of hydrogen-bond acceptors (Lipinski definition) is 2. The molecule has 1 N–H and O–H groups in total. The maximum Gasteiger partial charge on any atom is 0.297 e. The minimum absolute atomic E-state index is 0.650. The van der Waals surface area contributed by atoms with Crippen LogP contribution in [0.4, 0.5) is 4.39 Å². The first kappa shape index (κ1) is 11.1. The standard InChI is InChI=1S/C9H11FO3S/c1-2-3-7-4-5-8(10)9(6-7)14(11,12)13/h4-6H,2-3H2,1H3,(H,11,12,13). The third-order valence-corrected chi connectivity index (χ3v) is 2.68. The molecule has 0 bridgehead atoms. The number of rotatable bonds is 3. The third-order valence-electron chi connectivity index (χ3n) is 1.81. The Labute approximate surface area is 82.3 Å². The van der Waals surface area contributed by atoms with Gasteiger partial charge in [-0.3, -0.25) is 4.55 Å². The van der Waals surface area contributed by atoms with E-state index in [1.54, 1.807) is 0 Å². The smallest absolute Gasteiger partial charge is 0.282 e. The van der Waals surface area contributed by atoms with Crippen LogP contribution in [0, 0.1) is 5.82 Å². The first-order chi connectivity index (χ1) is 6.45. The fraction of sp³-hybridized carbons (Fsp3) is 0.333. The summed E-state index contributed by atoms with van der Waals surface area (Å²) in [6.45, 7) is 1.93. The molecule has 78 valence electrons. The molecule has 0 saturated carbocycles. The van der Waals surface area contributed by atoms with Gasteiger partial charge in [0, 0.05) is 0 Å². The van der Waals surface area contributed by atoms with E-state index in [2.05, 4.69) is 0 Å². The molecule has 0 spiro atoms. The Hall–Kier alpha value is -0.940. The van der Waals surface area contributed by atoms with E-state index in [-0.39, 0.29) is 0 Å². The van der Waals surface area contributed by atoms with Gasteiger partial charge in [0.15, 0.2) is 0 Å². The highest BCUT2D eigenvalue weighted by molar-refractivity contribution is 7.85. The molecule has 1 rings (SSSR count). The fourth-order valence-electron chi connectivity index (χ4n) is 1.19. The lowest BCUT2D eigenvalue weighted by Gasteiger charge is -2.02. The van der Waals surface area contributed by atoms with Crippen LogP contribution in [-0.2, 0) is 16.5 Å². The minimum atomic E-state index is -4.45. The van der Waals surface area contributed by atoms with Crippen LogP contribution in [0.15, 0.2) is 23.1 Å². The Morgan fingerprint density at radius 1 is 1.43 bits per heavy atom. The molecule has 1 aromatic rings. The van der Waals surface area contributed by atoms with Crippen LogP contribution < -0.4 is 0 Å². The highest BCUT2D eigenvalue weighted by atomic mass is 32.2. The quantitative estimate of drug-likeness (QED) is 0.790. The van der Waals surface area contributed by atoms with Gasteiger partial charge >= 0.3 is 0 Å². The summed E-state index contributed by atoms with van der Waals surface area (Å²) < 4.78 is 43.1. The summed E-state index contributed by atoms with van der Waals surface area (Å²) in [5.41, 5.74) is 0.696. The summed E-state index contributed by atoms with van der Waals surface area (Å²) in [5, 5.41) is 0. The van der Waals surface area contributed by atoms with Gasteiger partial charge in [0.1, 0.15) is 10.7 Å². The van der Waals surface area contributed by atoms with Gasteiger partial charge in [-0.2, -0.15) is 8.42 Å². The van der Waals surface area contributed by atoms with Crippen molar-refractivity contribution < 1.29 is 17.4 Å². The predicted molar refractivity (Wildman–Crippen MR) is 50.2 cm³/mol. The lowest BCUT2D eigenvalue weighted by Crippen LogP contribution is -2.02. The van der Waals surface area contributed by atoms with Crippen LogP contribution in [0.2, 0.25) is 0 Å². The molecular weight excluding hydrogens is 207 g/mol. The van der Waals surface area contributed by atoms with Crippen molar-refractivity contribution in [1.82, 2.24) is 0 Å². The van der Waals surface area contributed by atoms with E-state index >= 15 is 0 Å².